The topological polar surface area (TPSA) is 55.8 Å². The summed E-state index contributed by atoms with van der Waals surface area (Å²) in [5.41, 5.74) is 0. The molecule has 19 heavy (non-hydrogen) atoms. The number of nitrogens with zero attached hydrogens (tertiary/aromatic N) is 1. The Hall–Kier alpha value is -0.630. The molecule has 0 aliphatic carbocycles. The summed E-state index contributed by atoms with van der Waals surface area (Å²) >= 11 is 3.26. The Kier molecular flexibility index (Phi) is 6.78. The quantitative estimate of drug-likeness (QED) is 0.669. The summed E-state index contributed by atoms with van der Waals surface area (Å²) in [6.07, 6.45) is 0. The van der Waals surface area contributed by atoms with Crippen molar-refractivity contribution in [3.63, 3.8) is 0 Å². The minimum absolute atomic E-state index is 0.255. The number of alkyl halides is 1. The van der Waals surface area contributed by atoms with Gasteiger partial charge in [-0.3, -0.25) is 0 Å². The monoisotopic (exact) mass is 351 g/mol. The zero-order valence-corrected chi connectivity index (χ0v) is 13.4. The highest BCUT2D eigenvalue weighted by atomic mass is 79.9. The third kappa shape index (κ3) is 4.45. The number of sulfonamides is 1. The van der Waals surface area contributed by atoms with Crippen LogP contribution in [0.2, 0.25) is 0 Å². The van der Waals surface area contributed by atoms with Gasteiger partial charge >= 0.3 is 0 Å². The highest BCUT2D eigenvalue weighted by molar-refractivity contribution is 9.09. The van der Waals surface area contributed by atoms with Gasteiger partial charge in [-0.1, -0.05) is 15.9 Å². The molecule has 1 rings (SSSR count). The molecule has 7 heteroatoms. The number of ether oxygens (including phenoxy) is 2. The van der Waals surface area contributed by atoms with Crippen LogP contribution in [0.5, 0.6) is 5.75 Å². The molecule has 1 aromatic rings. The molecule has 5 nitrogen and oxygen atoms in total. The maximum absolute atomic E-state index is 12.4. The number of hydrogen-bond donors (Lipinski definition) is 0. The van der Waals surface area contributed by atoms with Crippen LogP contribution in [0.25, 0.3) is 0 Å². The van der Waals surface area contributed by atoms with Gasteiger partial charge in [0.1, 0.15) is 5.75 Å². The van der Waals surface area contributed by atoms with E-state index in [0.29, 0.717) is 30.8 Å². The lowest BCUT2D eigenvalue weighted by molar-refractivity contribution is 0.181. The normalized spacial score (nSPS) is 11.8. The van der Waals surface area contributed by atoms with Gasteiger partial charge in [0, 0.05) is 25.5 Å². The van der Waals surface area contributed by atoms with Crippen LogP contribution in [-0.2, 0) is 14.8 Å². The van der Waals surface area contributed by atoms with Gasteiger partial charge in [0.15, 0.2) is 0 Å². The highest BCUT2D eigenvalue weighted by Crippen LogP contribution is 2.19. The van der Waals surface area contributed by atoms with Gasteiger partial charge in [-0.25, -0.2) is 8.42 Å². The maximum atomic E-state index is 12.4. The summed E-state index contributed by atoms with van der Waals surface area (Å²) in [6.45, 7) is 1.09. The first-order valence-electron chi connectivity index (χ1n) is 5.75. The second-order valence-corrected chi connectivity index (χ2v) is 6.49. The van der Waals surface area contributed by atoms with Gasteiger partial charge in [0.25, 0.3) is 0 Å². The molecule has 0 amide bonds. The van der Waals surface area contributed by atoms with Crippen molar-refractivity contribution in [3.05, 3.63) is 24.3 Å². The van der Waals surface area contributed by atoms with Gasteiger partial charge in [0.2, 0.25) is 10.0 Å². The Morgan fingerprint density at radius 3 is 2.26 bits per heavy atom. The number of hydrogen-bond acceptors (Lipinski definition) is 4. The van der Waals surface area contributed by atoms with Crippen molar-refractivity contribution >= 4 is 26.0 Å². The lowest BCUT2D eigenvalue weighted by atomic mass is 10.3. The van der Waals surface area contributed by atoms with Crippen molar-refractivity contribution < 1.29 is 17.9 Å². The zero-order valence-electron chi connectivity index (χ0n) is 11.0. The van der Waals surface area contributed by atoms with Crippen molar-refractivity contribution in [2.45, 2.75) is 4.90 Å². The molecule has 0 heterocycles. The van der Waals surface area contributed by atoms with Crippen LogP contribution in [0.15, 0.2) is 29.2 Å². The van der Waals surface area contributed by atoms with Gasteiger partial charge in [-0.15, -0.1) is 0 Å². The summed E-state index contributed by atoms with van der Waals surface area (Å²) in [5.74, 6) is 0.628. The van der Waals surface area contributed by atoms with E-state index in [-0.39, 0.29) is 4.90 Å². The van der Waals surface area contributed by atoms with E-state index in [1.807, 2.05) is 0 Å². The van der Waals surface area contributed by atoms with Crippen molar-refractivity contribution in [1.82, 2.24) is 4.31 Å². The van der Waals surface area contributed by atoms with E-state index in [2.05, 4.69) is 15.9 Å². The number of benzene rings is 1. The molecule has 0 spiro atoms. The number of halogens is 1. The van der Waals surface area contributed by atoms with Crippen LogP contribution >= 0.6 is 15.9 Å². The fourth-order valence-electron chi connectivity index (χ4n) is 1.54. The molecule has 0 N–H and O–H groups in total. The van der Waals surface area contributed by atoms with Crippen molar-refractivity contribution in [2.75, 3.05) is 39.2 Å². The van der Waals surface area contributed by atoms with E-state index in [0.717, 1.165) is 0 Å². The zero-order chi connectivity index (χ0) is 14.3. The molecular formula is C12H18BrNO4S. The fourth-order valence-corrected chi connectivity index (χ4v) is 3.62. The minimum atomic E-state index is -3.49. The van der Waals surface area contributed by atoms with E-state index in [1.54, 1.807) is 38.5 Å². The van der Waals surface area contributed by atoms with E-state index < -0.39 is 10.0 Å². The van der Waals surface area contributed by atoms with Crippen LogP contribution in [0.3, 0.4) is 0 Å². The third-order valence-corrected chi connectivity index (χ3v) is 4.84. The molecule has 108 valence electrons. The first-order valence-corrected chi connectivity index (χ1v) is 8.31. The smallest absolute Gasteiger partial charge is 0.243 e. The van der Waals surface area contributed by atoms with Crippen molar-refractivity contribution in [1.29, 1.82) is 0 Å². The van der Waals surface area contributed by atoms with Gasteiger partial charge in [0.05, 0.1) is 18.6 Å². The third-order valence-electron chi connectivity index (χ3n) is 2.58. The summed E-state index contributed by atoms with van der Waals surface area (Å²) in [4.78, 5) is 0.255. The molecular weight excluding hydrogens is 334 g/mol. The van der Waals surface area contributed by atoms with E-state index in [1.165, 1.54) is 4.31 Å². The first kappa shape index (κ1) is 16.4. The van der Waals surface area contributed by atoms with Gasteiger partial charge in [-0.2, -0.15) is 4.31 Å². The predicted molar refractivity (Wildman–Crippen MR) is 77.4 cm³/mol. The predicted octanol–water partition coefficient (Wildman–Crippen LogP) is 1.73. The van der Waals surface area contributed by atoms with Crippen molar-refractivity contribution in [3.8, 4) is 5.75 Å². The summed E-state index contributed by atoms with van der Waals surface area (Å²) < 4.78 is 36.2. The summed E-state index contributed by atoms with van der Waals surface area (Å²) in [5, 5.41) is 0.575. The number of rotatable bonds is 8. The molecule has 0 aromatic heterocycles. The Balaban J connectivity index is 2.96. The Labute approximate surface area is 122 Å². The lowest BCUT2D eigenvalue weighted by Gasteiger charge is -2.21. The van der Waals surface area contributed by atoms with E-state index in [9.17, 15) is 8.42 Å². The van der Waals surface area contributed by atoms with Crippen LogP contribution in [0.1, 0.15) is 0 Å². The van der Waals surface area contributed by atoms with Crippen LogP contribution < -0.4 is 4.74 Å². The van der Waals surface area contributed by atoms with Crippen LogP contribution in [0.4, 0.5) is 0 Å². The van der Waals surface area contributed by atoms with Crippen molar-refractivity contribution in [2.24, 2.45) is 0 Å². The van der Waals surface area contributed by atoms with Gasteiger partial charge in [-0.05, 0) is 24.3 Å². The Morgan fingerprint density at radius 1 is 1.16 bits per heavy atom. The highest BCUT2D eigenvalue weighted by Gasteiger charge is 2.23. The molecule has 0 bridgehead atoms. The fraction of sp³-hybridized carbons (Fsp3) is 0.500. The second kappa shape index (κ2) is 7.84. The lowest BCUT2D eigenvalue weighted by Crippen LogP contribution is -2.35. The molecule has 0 atom stereocenters. The molecule has 0 aliphatic heterocycles. The average Bonchev–Trinajstić information content (AvgIpc) is 2.43. The molecule has 0 radical (unpaired) electrons. The van der Waals surface area contributed by atoms with Gasteiger partial charge < -0.3 is 9.47 Å². The summed E-state index contributed by atoms with van der Waals surface area (Å²) in [7, 11) is -0.404. The minimum Gasteiger partial charge on any atom is -0.497 e. The molecule has 0 saturated carbocycles. The van der Waals surface area contributed by atoms with Crippen LogP contribution in [0, 0.1) is 0 Å². The van der Waals surface area contributed by atoms with E-state index >= 15 is 0 Å². The van der Waals surface area contributed by atoms with E-state index in [4.69, 9.17) is 9.47 Å². The Morgan fingerprint density at radius 2 is 1.79 bits per heavy atom. The SMILES string of the molecule is COCCN(CCBr)S(=O)(=O)c1ccc(OC)cc1. The average molecular weight is 352 g/mol. The molecule has 0 fully saturated rings. The summed E-state index contributed by atoms with van der Waals surface area (Å²) in [6, 6.07) is 6.36. The molecule has 1 aromatic carbocycles. The molecule has 0 aliphatic rings. The molecule has 0 unspecified atom stereocenters. The molecule has 0 saturated heterocycles. The standard InChI is InChI=1S/C12H18BrNO4S/c1-17-10-9-14(8-7-13)19(15,16)12-5-3-11(18-2)4-6-12/h3-6H,7-10H2,1-2H3. The maximum Gasteiger partial charge on any atom is 0.243 e. The largest absolute Gasteiger partial charge is 0.497 e. The number of methoxy groups -OCH3 is 2. The van der Waals surface area contributed by atoms with Crippen LogP contribution in [-0.4, -0.2) is 52.0 Å². The Bertz CT molecular complexity index is 475. The first-order chi connectivity index (χ1) is 9.06. The second-order valence-electron chi connectivity index (χ2n) is 3.76.